The number of aromatic amines is 1. The third kappa shape index (κ3) is 2.40. The molecule has 8 nitrogen and oxygen atoms in total. The van der Waals surface area contributed by atoms with Crippen LogP contribution in [0.25, 0.3) is 38.8 Å². The number of fused-ring (bicyclic) bond motifs is 4. The first-order valence-electron chi connectivity index (χ1n) is 8.81. The smallest absolute Gasteiger partial charge is 0.160 e. The van der Waals surface area contributed by atoms with Crippen molar-refractivity contribution >= 4 is 33.1 Å². The number of nitrogens with zero attached hydrogens (tertiary/aromatic N) is 5. The lowest BCUT2D eigenvalue weighted by molar-refractivity contribution is 0.0820. The molecule has 0 amide bonds. The van der Waals surface area contributed by atoms with Gasteiger partial charge < -0.3 is 19.3 Å². The molecule has 0 aliphatic rings. The van der Waals surface area contributed by atoms with Crippen LogP contribution in [-0.4, -0.2) is 52.2 Å². The van der Waals surface area contributed by atoms with Crippen LogP contribution < -0.4 is 0 Å². The van der Waals surface area contributed by atoms with Gasteiger partial charge in [0.15, 0.2) is 5.65 Å². The number of hydrogen-bond donors (Lipinski definition) is 3. The second-order valence-electron chi connectivity index (χ2n) is 6.80. The second kappa shape index (κ2) is 6.11. The van der Waals surface area contributed by atoms with E-state index in [1.54, 1.807) is 23.2 Å². The maximum Gasteiger partial charge on any atom is 0.160 e. The van der Waals surface area contributed by atoms with Gasteiger partial charge in [-0.05, 0) is 31.2 Å². The molecule has 0 aliphatic carbocycles. The minimum atomic E-state index is -0.881. The summed E-state index contributed by atoms with van der Waals surface area (Å²) in [5, 5.41) is 26.6. The molecule has 1 atom stereocenters. The summed E-state index contributed by atoms with van der Waals surface area (Å²) >= 11 is 0. The normalized spacial score (nSPS) is 13.1. The van der Waals surface area contributed by atoms with Gasteiger partial charge in [0, 0.05) is 5.39 Å². The summed E-state index contributed by atoms with van der Waals surface area (Å²) < 4.78 is 17.5. The zero-order valence-electron chi connectivity index (χ0n) is 15.0. The third-order valence-corrected chi connectivity index (χ3v) is 4.94. The summed E-state index contributed by atoms with van der Waals surface area (Å²) in [4.78, 5) is 9.07. The van der Waals surface area contributed by atoms with Gasteiger partial charge in [-0.3, -0.25) is 5.10 Å². The van der Waals surface area contributed by atoms with Gasteiger partial charge in [0.25, 0.3) is 0 Å². The first kappa shape index (κ1) is 16.8. The zero-order valence-corrected chi connectivity index (χ0v) is 15.0. The fourth-order valence-electron chi connectivity index (χ4n) is 3.65. The predicted octanol–water partition coefficient (Wildman–Crippen LogP) is 2.05. The monoisotopic (exact) mass is 380 g/mol. The highest BCUT2D eigenvalue weighted by Gasteiger charge is 2.18. The van der Waals surface area contributed by atoms with Gasteiger partial charge in [0.1, 0.15) is 11.3 Å². The number of nitrogens with one attached hydrogen (secondary N) is 1. The van der Waals surface area contributed by atoms with Crippen LogP contribution >= 0.6 is 0 Å². The second-order valence-corrected chi connectivity index (χ2v) is 6.80. The fraction of sp³-hybridized carbons (Fsp3) is 0.211. The largest absolute Gasteiger partial charge is 0.394 e. The predicted molar refractivity (Wildman–Crippen MR) is 102 cm³/mol. The Bertz CT molecular complexity index is 1330. The van der Waals surface area contributed by atoms with Gasteiger partial charge in [-0.1, -0.05) is 0 Å². The molecule has 9 heteroatoms. The van der Waals surface area contributed by atoms with E-state index in [2.05, 4.69) is 20.2 Å². The number of aryl methyl sites for hydroxylation is 1. The van der Waals surface area contributed by atoms with Crippen LogP contribution in [0.4, 0.5) is 4.39 Å². The Kier molecular flexibility index (Phi) is 3.68. The van der Waals surface area contributed by atoms with E-state index in [1.165, 1.54) is 12.1 Å². The first-order chi connectivity index (χ1) is 13.6. The van der Waals surface area contributed by atoms with E-state index in [0.29, 0.717) is 11.2 Å². The van der Waals surface area contributed by atoms with Crippen molar-refractivity contribution in [3.8, 4) is 5.69 Å². The summed E-state index contributed by atoms with van der Waals surface area (Å²) in [5.41, 5.74) is 5.26. The molecule has 0 saturated heterocycles. The van der Waals surface area contributed by atoms with E-state index in [9.17, 15) is 9.50 Å². The molecule has 0 unspecified atom stereocenters. The number of rotatable bonds is 4. The molecule has 142 valence electrons. The third-order valence-electron chi connectivity index (χ3n) is 4.94. The summed E-state index contributed by atoms with van der Waals surface area (Å²) in [5.74, 6) is -0.312. The Hall–Kier alpha value is -3.30. The Balaban J connectivity index is 1.75. The number of halogens is 1. The molecular formula is C19H17FN6O2. The van der Waals surface area contributed by atoms with E-state index in [1.807, 2.05) is 17.6 Å². The van der Waals surface area contributed by atoms with Crippen molar-refractivity contribution in [3.05, 3.63) is 48.3 Å². The van der Waals surface area contributed by atoms with E-state index in [4.69, 9.17) is 5.11 Å². The number of aliphatic hydroxyl groups excluding tert-OH is 2. The topological polar surface area (TPSA) is 105 Å². The molecule has 5 aromatic rings. The highest BCUT2D eigenvalue weighted by Crippen LogP contribution is 2.32. The van der Waals surface area contributed by atoms with E-state index >= 15 is 0 Å². The van der Waals surface area contributed by atoms with E-state index < -0.39 is 6.10 Å². The molecule has 4 heterocycles. The number of hydrogen-bond acceptors (Lipinski definition) is 5. The van der Waals surface area contributed by atoms with Crippen molar-refractivity contribution in [2.75, 3.05) is 6.61 Å². The van der Waals surface area contributed by atoms with Gasteiger partial charge in [-0.25, -0.2) is 14.4 Å². The highest BCUT2D eigenvalue weighted by atomic mass is 19.1. The minimum Gasteiger partial charge on any atom is -0.394 e. The van der Waals surface area contributed by atoms with Crippen LogP contribution in [-0.2, 0) is 6.54 Å². The molecule has 0 aliphatic heterocycles. The van der Waals surface area contributed by atoms with Gasteiger partial charge >= 0.3 is 0 Å². The highest BCUT2D eigenvalue weighted by molar-refractivity contribution is 6.07. The van der Waals surface area contributed by atoms with Crippen molar-refractivity contribution in [3.63, 3.8) is 0 Å². The summed E-state index contributed by atoms with van der Waals surface area (Å²) in [7, 11) is 0. The Morgan fingerprint density at radius 3 is 2.93 bits per heavy atom. The Morgan fingerprint density at radius 1 is 1.25 bits per heavy atom. The fourth-order valence-corrected chi connectivity index (χ4v) is 3.65. The van der Waals surface area contributed by atoms with Gasteiger partial charge in [0.05, 0.1) is 59.7 Å². The summed E-state index contributed by atoms with van der Waals surface area (Å²) in [6.07, 6.45) is 2.41. The molecule has 0 spiro atoms. The number of benzene rings is 1. The van der Waals surface area contributed by atoms with Gasteiger partial charge in [-0.2, -0.15) is 5.10 Å². The molecule has 28 heavy (non-hydrogen) atoms. The van der Waals surface area contributed by atoms with Crippen molar-refractivity contribution in [2.24, 2.45) is 0 Å². The molecule has 0 fully saturated rings. The van der Waals surface area contributed by atoms with Gasteiger partial charge in [-0.15, -0.1) is 0 Å². The number of pyridine rings is 1. The van der Waals surface area contributed by atoms with Crippen molar-refractivity contribution in [2.45, 2.75) is 19.6 Å². The maximum atomic E-state index is 13.8. The lowest BCUT2D eigenvalue weighted by Gasteiger charge is -2.12. The maximum absolute atomic E-state index is 13.8. The molecule has 0 saturated carbocycles. The van der Waals surface area contributed by atoms with E-state index in [0.717, 1.165) is 33.3 Å². The molecule has 1 aromatic carbocycles. The Labute approximate surface area is 157 Å². The number of aliphatic hydroxyl groups is 2. The van der Waals surface area contributed by atoms with Gasteiger partial charge in [0.2, 0.25) is 0 Å². The molecule has 3 N–H and O–H groups in total. The van der Waals surface area contributed by atoms with Crippen LogP contribution in [0.2, 0.25) is 0 Å². The van der Waals surface area contributed by atoms with Crippen LogP contribution in [0.3, 0.4) is 0 Å². The van der Waals surface area contributed by atoms with E-state index in [-0.39, 0.29) is 19.0 Å². The number of H-pyrrole nitrogens is 1. The number of aromatic nitrogens is 6. The molecular weight excluding hydrogens is 363 g/mol. The lowest BCUT2D eigenvalue weighted by Crippen LogP contribution is -2.19. The summed E-state index contributed by atoms with van der Waals surface area (Å²) in [6.45, 7) is 1.76. The molecule has 5 rings (SSSR count). The SMILES string of the molecule is Cc1nc2c(cc1-n1c3ccc(F)cc3c3[nH]ncc31)ncn2C[C@@H](O)CO. The van der Waals surface area contributed by atoms with Crippen molar-refractivity contribution < 1.29 is 14.6 Å². The van der Waals surface area contributed by atoms with Crippen LogP contribution in [0.15, 0.2) is 36.8 Å². The minimum absolute atomic E-state index is 0.205. The van der Waals surface area contributed by atoms with Crippen LogP contribution in [0.5, 0.6) is 0 Å². The number of imidazole rings is 1. The molecule has 4 aromatic heterocycles. The Morgan fingerprint density at radius 2 is 2.11 bits per heavy atom. The average Bonchev–Trinajstić information content (AvgIpc) is 3.36. The lowest BCUT2D eigenvalue weighted by atomic mass is 10.2. The standard InChI is InChI=1S/C19H17FN6O2/c1-10-16(5-14-19(23-10)25(9-21-14)7-12(28)8-27)26-15-3-2-11(20)4-13(15)18-17(26)6-22-24-18/h2-6,9,12,27-28H,7-8H2,1H3,(H,22,24)/t12-/m1/s1. The van der Waals surface area contributed by atoms with Crippen molar-refractivity contribution in [1.29, 1.82) is 0 Å². The average molecular weight is 380 g/mol. The van der Waals surface area contributed by atoms with Crippen LogP contribution in [0.1, 0.15) is 5.69 Å². The molecule has 0 radical (unpaired) electrons. The first-order valence-corrected chi connectivity index (χ1v) is 8.81. The summed E-state index contributed by atoms with van der Waals surface area (Å²) in [6, 6.07) is 6.56. The van der Waals surface area contributed by atoms with Crippen molar-refractivity contribution in [1.82, 2.24) is 29.3 Å². The van der Waals surface area contributed by atoms with Crippen LogP contribution in [0, 0.1) is 12.7 Å². The molecule has 0 bridgehead atoms. The zero-order chi connectivity index (χ0) is 19.4. The quantitative estimate of drug-likeness (QED) is 0.443.